The molecule has 146 valence electrons. The molecule has 14 heteroatoms. The molecule has 3 heterocycles. The quantitative estimate of drug-likeness (QED) is 0.380. The molecule has 1 fully saturated rings. The number of likely N-dealkylation sites (N-methyl/N-ethyl adjacent to an activating group) is 1. The number of tetrazole rings is 1. The van der Waals surface area contributed by atoms with Crippen molar-refractivity contribution in [3.05, 3.63) is 11.3 Å². The normalized spacial score (nSPS) is 21.7. The van der Waals surface area contributed by atoms with Crippen LogP contribution in [0.5, 0.6) is 0 Å². The lowest BCUT2D eigenvalue weighted by Gasteiger charge is -2.45. The van der Waals surface area contributed by atoms with Gasteiger partial charge in [0, 0.05) is 19.3 Å². The first-order valence-electron chi connectivity index (χ1n) is 7.82. The number of amides is 2. The highest BCUT2D eigenvalue weighted by atomic mass is 32.2. The van der Waals surface area contributed by atoms with Crippen molar-refractivity contribution in [1.82, 2.24) is 30.0 Å². The minimum atomic E-state index is -1.19. The molecular weight excluding hydrogens is 398 g/mol. The van der Waals surface area contributed by atoms with Crippen LogP contribution >= 0.6 is 23.5 Å². The van der Waals surface area contributed by atoms with Gasteiger partial charge < -0.3 is 20.8 Å². The lowest BCUT2D eigenvalue weighted by Crippen LogP contribution is -2.56. The molecule has 2 aliphatic rings. The van der Waals surface area contributed by atoms with Gasteiger partial charge in [0.05, 0.1) is 23.7 Å². The van der Waals surface area contributed by atoms with Crippen LogP contribution in [0.2, 0.25) is 0 Å². The summed E-state index contributed by atoms with van der Waals surface area (Å²) in [7, 11) is 1.43. The average Bonchev–Trinajstić information content (AvgIpc) is 3.04. The number of β-lactam (4-membered cyclic amide) rings is 1. The number of thioether (sulfide) groups is 2. The molecular formula is C13H17N7O5S2. The third kappa shape index (κ3) is 3.86. The molecule has 0 saturated carbocycles. The number of nitrogens with zero attached hydrogens (tertiary/aromatic N) is 6. The van der Waals surface area contributed by atoms with Crippen LogP contribution in [-0.2, 0) is 16.1 Å². The van der Waals surface area contributed by atoms with Gasteiger partial charge >= 0.3 is 12.1 Å². The number of carboxylic acids is 1. The van der Waals surface area contributed by atoms with Crippen LogP contribution in [-0.4, -0.2) is 88.3 Å². The standard InChI is InChI=1S/C13H17N7O5S2/c1-18(13(24)25)2-3-19-12(15-16-17-19)26-5-6-9(11(22)23)20-7(21)4-8(20)27-10(6)14/h8,10H,2-5,14H2,1H3,(H,22,23)(H,24,25)/t8-,10?/m1/s1. The molecule has 1 aromatic heterocycles. The Morgan fingerprint density at radius 2 is 2.19 bits per heavy atom. The second-order valence-electron chi connectivity index (χ2n) is 5.84. The lowest BCUT2D eigenvalue weighted by molar-refractivity contribution is -0.146. The fourth-order valence-electron chi connectivity index (χ4n) is 2.62. The van der Waals surface area contributed by atoms with E-state index in [1.807, 2.05) is 0 Å². The Balaban J connectivity index is 1.73. The molecule has 2 amide bonds. The molecule has 4 N–H and O–H groups in total. The maximum Gasteiger partial charge on any atom is 0.407 e. The van der Waals surface area contributed by atoms with E-state index >= 15 is 0 Å². The van der Waals surface area contributed by atoms with Gasteiger partial charge in [-0.25, -0.2) is 14.3 Å². The molecule has 12 nitrogen and oxygen atoms in total. The summed E-state index contributed by atoms with van der Waals surface area (Å²) in [6, 6.07) is 0. The predicted octanol–water partition coefficient (Wildman–Crippen LogP) is -0.696. The Hall–Kier alpha value is -2.32. The van der Waals surface area contributed by atoms with Crippen LogP contribution in [0.25, 0.3) is 0 Å². The summed E-state index contributed by atoms with van der Waals surface area (Å²) < 4.78 is 1.43. The van der Waals surface area contributed by atoms with Crippen LogP contribution in [0, 0.1) is 0 Å². The van der Waals surface area contributed by atoms with Gasteiger partial charge in [0.1, 0.15) is 5.70 Å². The van der Waals surface area contributed by atoms with Crippen LogP contribution in [0.4, 0.5) is 4.79 Å². The molecule has 2 atom stereocenters. The zero-order chi connectivity index (χ0) is 19.7. The summed E-state index contributed by atoms with van der Waals surface area (Å²) in [6.45, 7) is 0.437. The van der Waals surface area contributed by atoms with Gasteiger partial charge in [-0.3, -0.25) is 9.69 Å². The summed E-state index contributed by atoms with van der Waals surface area (Å²) in [5.74, 6) is -1.23. The van der Waals surface area contributed by atoms with Gasteiger partial charge in [0.25, 0.3) is 0 Å². The number of carbonyl (C=O) groups excluding carboxylic acids is 1. The topological polar surface area (TPSA) is 168 Å². The molecule has 1 unspecified atom stereocenters. The third-order valence-corrected chi connectivity index (χ3v) is 6.41. The summed E-state index contributed by atoms with van der Waals surface area (Å²) in [5, 5.41) is 29.3. The number of aliphatic carboxylic acids is 1. The maximum absolute atomic E-state index is 11.8. The summed E-state index contributed by atoms with van der Waals surface area (Å²) in [5.41, 5.74) is 6.47. The van der Waals surface area contributed by atoms with Crippen LogP contribution < -0.4 is 5.73 Å². The molecule has 0 radical (unpaired) electrons. The van der Waals surface area contributed by atoms with Crippen molar-refractivity contribution in [1.29, 1.82) is 0 Å². The van der Waals surface area contributed by atoms with Gasteiger partial charge in [-0.15, -0.1) is 16.9 Å². The number of fused-ring (bicyclic) bond motifs is 1. The van der Waals surface area contributed by atoms with E-state index in [0.29, 0.717) is 10.7 Å². The molecule has 2 aliphatic heterocycles. The number of carboxylic acid groups (broad SMARTS) is 2. The van der Waals surface area contributed by atoms with E-state index in [-0.39, 0.29) is 42.2 Å². The zero-order valence-electron chi connectivity index (χ0n) is 14.2. The summed E-state index contributed by atoms with van der Waals surface area (Å²) in [4.78, 5) is 36.7. The van der Waals surface area contributed by atoms with Crippen molar-refractivity contribution in [3.63, 3.8) is 0 Å². The Bertz CT molecular complexity index is 813. The number of hydrogen-bond donors (Lipinski definition) is 3. The van der Waals surface area contributed by atoms with Crippen LogP contribution in [0.3, 0.4) is 0 Å². The highest BCUT2D eigenvalue weighted by molar-refractivity contribution is 8.01. The minimum absolute atomic E-state index is 0.0698. The monoisotopic (exact) mass is 415 g/mol. The van der Waals surface area contributed by atoms with Gasteiger partial charge in [-0.05, 0) is 16.0 Å². The molecule has 3 rings (SSSR count). The summed E-state index contributed by atoms with van der Waals surface area (Å²) in [6.07, 6.45) is -0.780. The highest BCUT2D eigenvalue weighted by Gasteiger charge is 2.47. The van der Waals surface area contributed by atoms with Crippen molar-refractivity contribution >= 4 is 41.5 Å². The number of hydrogen-bond acceptors (Lipinski definition) is 9. The summed E-state index contributed by atoms with van der Waals surface area (Å²) >= 11 is 2.53. The molecule has 1 saturated heterocycles. The van der Waals surface area contributed by atoms with Crippen LogP contribution in [0.15, 0.2) is 16.4 Å². The van der Waals surface area contributed by atoms with E-state index in [1.165, 1.54) is 40.2 Å². The smallest absolute Gasteiger partial charge is 0.407 e. The van der Waals surface area contributed by atoms with Gasteiger partial charge in [0.2, 0.25) is 11.1 Å². The Morgan fingerprint density at radius 3 is 2.81 bits per heavy atom. The van der Waals surface area contributed by atoms with E-state index in [9.17, 15) is 19.5 Å². The van der Waals surface area contributed by atoms with E-state index in [2.05, 4.69) is 15.5 Å². The van der Waals surface area contributed by atoms with E-state index in [4.69, 9.17) is 10.8 Å². The average molecular weight is 415 g/mol. The number of nitrogens with two attached hydrogens (primary N) is 1. The molecule has 0 spiro atoms. The number of rotatable bonds is 7. The largest absolute Gasteiger partial charge is 0.477 e. The Labute approximate surface area is 161 Å². The molecule has 1 aromatic rings. The fraction of sp³-hybridized carbons (Fsp3) is 0.538. The second kappa shape index (κ2) is 7.74. The van der Waals surface area contributed by atoms with Gasteiger partial charge in [-0.2, -0.15) is 0 Å². The fourth-order valence-corrected chi connectivity index (χ4v) is 4.98. The molecule has 0 aromatic carbocycles. The van der Waals surface area contributed by atoms with Gasteiger partial charge in [-0.1, -0.05) is 11.8 Å². The molecule has 0 aliphatic carbocycles. The van der Waals surface area contributed by atoms with Crippen LogP contribution in [0.1, 0.15) is 6.42 Å². The van der Waals surface area contributed by atoms with Crippen molar-refractivity contribution in [2.45, 2.75) is 28.9 Å². The lowest BCUT2D eigenvalue weighted by atomic mass is 10.1. The zero-order valence-corrected chi connectivity index (χ0v) is 15.8. The third-order valence-electron chi connectivity index (χ3n) is 4.13. The molecule has 27 heavy (non-hydrogen) atoms. The highest BCUT2D eigenvalue weighted by Crippen LogP contribution is 2.43. The maximum atomic E-state index is 11.8. The number of aromatic nitrogens is 4. The Kier molecular flexibility index (Phi) is 5.57. The predicted molar refractivity (Wildman–Crippen MR) is 94.7 cm³/mol. The van der Waals surface area contributed by atoms with Crippen molar-refractivity contribution in [3.8, 4) is 0 Å². The first kappa shape index (κ1) is 19.4. The van der Waals surface area contributed by atoms with E-state index < -0.39 is 17.4 Å². The SMILES string of the molecule is CN(CCn1nnnc1SCC1=C(C(=O)O)N2C(=O)C[C@H]2SC1N)C(=O)O. The second-order valence-corrected chi connectivity index (χ2v) is 8.10. The minimum Gasteiger partial charge on any atom is -0.477 e. The van der Waals surface area contributed by atoms with E-state index in [0.717, 1.165) is 4.90 Å². The first-order chi connectivity index (χ1) is 12.8. The number of carbonyl (C=O) groups is 3. The van der Waals surface area contributed by atoms with Crippen molar-refractivity contribution in [2.75, 3.05) is 19.3 Å². The van der Waals surface area contributed by atoms with E-state index in [1.54, 1.807) is 0 Å². The van der Waals surface area contributed by atoms with Crippen molar-refractivity contribution < 1.29 is 24.6 Å². The molecule has 0 bridgehead atoms. The first-order valence-corrected chi connectivity index (χ1v) is 9.75. The Morgan fingerprint density at radius 1 is 1.44 bits per heavy atom. The van der Waals surface area contributed by atoms with Gasteiger partial charge in [0.15, 0.2) is 0 Å². The van der Waals surface area contributed by atoms with Crippen molar-refractivity contribution in [2.24, 2.45) is 5.73 Å².